The van der Waals surface area contributed by atoms with Gasteiger partial charge in [-0.05, 0) is 38.1 Å². The Morgan fingerprint density at radius 3 is 2.31 bits per heavy atom. The predicted octanol–water partition coefficient (Wildman–Crippen LogP) is 3.86. The molecule has 1 heterocycles. The molecule has 2 aromatic carbocycles. The molecule has 3 rings (SSSR count). The van der Waals surface area contributed by atoms with Crippen molar-refractivity contribution >= 4 is 34.1 Å². The summed E-state index contributed by atoms with van der Waals surface area (Å²) in [5.74, 6) is 0.143. The quantitative estimate of drug-likeness (QED) is 0.621. The molecule has 0 spiro atoms. The van der Waals surface area contributed by atoms with Crippen molar-refractivity contribution in [2.45, 2.75) is 13.8 Å². The van der Waals surface area contributed by atoms with E-state index in [1.54, 1.807) is 44.3 Å². The highest BCUT2D eigenvalue weighted by Gasteiger charge is 2.36. The van der Waals surface area contributed by atoms with Gasteiger partial charge in [0, 0.05) is 23.3 Å². The number of aromatic nitrogens is 1. The number of hydrogen-bond donors (Lipinski definition) is 2. The van der Waals surface area contributed by atoms with Gasteiger partial charge in [-0.2, -0.15) is 0 Å². The zero-order chi connectivity index (χ0) is 21.0. The zero-order valence-corrected chi connectivity index (χ0v) is 16.8. The van der Waals surface area contributed by atoms with Crippen molar-refractivity contribution < 1.29 is 19.1 Å². The van der Waals surface area contributed by atoms with Crippen molar-refractivity contribution in [1.29, 1.82) is 0 Å². The van der Waals surface area contributed by atoms with Gasteiger partial charge in [-0.25, -0.2) is 0 Å². The van der Waals surface area contributed by atoms with Crippen molar-refractivity contribution in [3.63, 3.8) is 0 Å². The molecule has 0 bridgehead atoms. The highest BCUT2D eigenvalue weighted by molar-refractivity contribution is 6.15. The molecule has 7 nitrogen and oxygen atoms in total. The summed E-state index contributed by atoms with van der Waals surface area (Å²) in [6.45, 7) is 3.13. The molecule has 3 aromatic rings. The van der Waals surface area contributed by atoms with Gasteiger partial charge in [-0.1, -0.05) is 18.2 Å². The molecule has 150 valence electrons. The van der Waals surface area contributed by atoms with Crippen LogP contribution in [0.1, 0.15) is 13.8 Å². The van der Waals surface area contributed by atoms with Crippen molar-refractivity contribution in [3.05, 3.63) is 54.7 Å². The molecule has 0 fully saturated rings. The largest absolute Gasteiger partial charge is 0.493 e. The molecule has 2 amide bonds. The topological polar surface area (TPSA) is 89.5 Å². The molecular formula is C22H23N3O4. The number of fused-ring (bicyclic) bond motifs is 1. The Morgan fingerprint density at radius 2 is 1.59 bits per heavy atom. The third kappa shape index (κ3) is 4.13. The maximum absolute atomic E-state index is 12.9. The lowest BCUT2D eigenvalue weighted by atomic mass is 9.90. The number of nitrogens with zero attached hydrogens (tertiary/aromatic N) is 1. The Hall–Kier alpha value is -3.61. The smallest absolute Gasteiger partial charge is 0.239 e. The second-order valence-electron chi connectivity index (χ2n) is 6.98. The molecule has 2 N–H and O–H groups in total. The van der Waals surface area contributed by atoms with Crippen LogP contribution in [0.2, 0.25) is 0 Å². The Bertz CT molecular complexity index is 1060. The van der Waals surface area contributed by atoms with E-state index in [-0.39, 0.29) is 0 Å². The second kappa shape index (κ2) is 8.18. The van der Waals surface area contributed by atoms with Crippen LogP contribution in [0.4, 0.5) is 11.4 Å². The Balaban J connectivity index is 1.78. The Labute approximate surface area is 169 Å². The fourth-order valence-corrected chi connectivity index (χ4v) is 2.79. The van der Waals surface area contributed by atoms with Crippen LogP contribution in [-0.4, -0.2) is 31.0 Å². The SMILES string of the molecule is COc1ccc(NC(=O)C(C)(C)C(=O)Nc2cccc3cccnc23)cc1OC. The third-order valence-electron chi connectivity index (χ3n) is 4.66. The van der Waals surface area contributed by atoms with E-state index in [0.717, 1.165) is 5.39 Å². The van der Waals surface area contributed by atoms with E-state index in [1.165, 1.54) is 14.2 Å². The number of amides is 2. The van der Waals surface area contributed by atoms with Gasteiger partial charge in [-0.15, -0.1) is 0 Å². The summed E-state index contributed by atoms with van der Waals surface area (Å²) in [6.07, 6.45) is 1.66. The van der Waals surface area contributed by atoms with Crippen molar-refractivity contribution in [2.75, 3.05) is 24.9 Å². The molecule has 0 saturated carbocycles. The van der Waals surface area contributed by atoms with Gasteiger partial charge in [-0.3, -0.25) is 14.6 Å². The number of nitrogens with one attached hydrogen (secondary N) is 2. The molecular weight excluding hydrogens is 370 g/mol. The summed E-state index contributed by atoms with van der Waals surface area (Å²) in [6, 6.07) is 14.2. The molecule has 29 heavy (non-hydrogen) atoms. The molecule has 0 unspecified atom stereocenters. The number of carbonyl (C=O) groups excluding carboxylic acids is 2. The third-order valence-corrected chi connectivity index (χ3v) is 4.66. The summed E-state index contributed by atoms with van der Waals surface area (Å²) in [5.41, 5.74) is 0.393. The van der Waals surface area contributed by atoms with Gasteiger partial charge < -0.3 is 20.1 Å². The summed E-state index contributed by atoms with van der Waals surface area (Å²) in [4.78, 5) is 30.0. The van der Waals surface area contributed by atoms with Crippen LogP contribution in [0, 0.1) is 5.41 Å². The van der Waals surface area contributed by atoms with Gasteiger partial charge in [0.1, 0.15) is 5.41 Å². The average Bonchev–Trinajstić information content (AvgIpc) is 2.73. The minimum absolute atomic E-state index is 0.436. The van der Waals surface area contributed by atoms with Crippen LogP contribution < -0.4 is 20.1 Å². The zero-order valence-electron chi connectivity index (χ0n) is 16.8. The second-order valence-corrected chi connectivity index (χ2v) is 6.98. The maximum atomic E-state index is 12.9. The Kier molecular flexibility index (Phi) is 5.68. The van der Waals surface area contributed by atoms with E-state index >= 15 is 0 Å². The van der Waals surface area contributed by atoms with Crippen LogP contribution in [0.15, 0.2) is 54.7 Å². The number of benzene rings is 2. The summed E-state index contributed by atoms with van der Waals surface area (Å²) >= 11 is 0. The van der Waals surface area contributed by atoms with Crippen LogP contribution >= 0.6 is 0 Å². The first-order valence-corrected chi connectivity index (χ1v) is 9.05. The van der Waals surface area contributed by atoms with E-state index in [0.29, 0.717) is 28.4 Å². The number of pyridine rings is 1. The first-order chi connectivity index (χ1) is 13.9. The van der Waals surface area contributed by atoms with E-state index in [2.05, 4.69) is 15.6 Å². The maximum Gasteiger partial charge on any atom is 0.239 e. The Morgan fingerprint density at radius 1 is 0.897 bits per heavy atom. The van der Waals surface area contributed by atoms with Gasteiger partial charge >= 0.3 is 0 Å². The van der Waals surface area contributed by atoms with Crippen molar-refractivity contribution in [3.8, 4) is 11.5 Å². The van der Waals surface area contributed by atoms with E-state index in [4.69, 9.17) is 9.47 Å². The van der Waals surface area contributed by atoms with Crippen LogP contribution in [0.5, 0.6) is 11.5 Å². The van der Waals surface area contributed by atoms with Gasteiger partial charge in [0.25, 0.3) is 0 Å². The van der Waals surface area contributed by atoms with Gasteiger partial charge in [0.15, 0.2) is 11.5 Å². The fraction of sp³-hybridized carbons (Fsp3) is 0.227. The lowest BCUT2D eigenvalue weighted by Crippen LogP contribution is -2.41. The lowest BCUT2D eigenvalue weighted by Gasteiger charge is -2.23. The van der Waals surface area contributed by atoms with E-state index in [9.17, 15) is 9.59 Å². The van der Waals surface area contributed by atoms with E-state index < -0.39 is 17.2 Å². The van der Waals surface area contributed by atoms with Crippen LogP contribution in [-0.2, 0) is 9.59 Å². The molecule has 0 saturated heterocycles. The number of ether oxygens (including phenoxy) is 2. The number of rotatable bonds is 6. The lowest BCUT2D eigenvalue weighted by molar-refractivity contribution is -0.135. The molecule has 7 heteroatoms. The summed E-state index contributed by atoms with van der Waals surface area (Å²) in [5, 5.41) is 6.49. The summed E-state index contributed by atoms with van der Waals surface area (Å²) < 4.78 is 10.4. The normalized spacial score (nSPS) is 11.0. The number of hydrogen-bond acceptors (Lipinski definition) is 5. The van der Waals surface area contributed by atoms with Crippen LogP contribution in [0.25, 0.3) is 10.9 Å². The highest BCUT2D eigenvalue weighted by Crippen LogP contribution is 2.31. The van der Waals surface area contributed by atoms with Gasteiger partial charge in [0.05, 0.1) is 25.4 Å². The van der Waals surface area contributed by atoms with Crippen molar-refractivity contribution in [1.82, 2.24) is 4.98 Å². The minimum Gasteiger partial charge on any atom is -0.493 e. The fourth-order valence-electron chi connectivity index (χ4n) is 2.79. The molecule has 0 aliphatic heterocycles. The molecule has 0 radical (unpaired) electrons. The standard InChI is InChI=1S/C22H23N3O4/c1-22(2,20(26)24-15-10-11-17(28-3)18(13-15)29-4)21(27)25-16-9-5-7-14-8-6-12-23-19(14)16/h5-13H,1-4H3,(H,24,26)(H,25,27). The number of para-hydroxylation sites is 1. The average molecular weight is 393 g/mol. The molecule has 0 atom stereocenters. The number of anilines is 2. The van der Waals surface area contributed by atoms with Crippen molar-refractivity contribution in [2.24, 2.45) is 5.41 Å². The first kappa shape index (κ1) is 20.1. The number of methoxy groups -OCH3 is 2. The minimum atomic E-state index is -1.33. The summed E-state index contributed by atoms with van der Waals surface area (Å²) in [7, 11) is 3.05. The highest BCUT2D eigenvalue weighted by atomic mass is 16.5. The van der Waals surface area contributed by atoms with Crippen LogP contribution in [0.3, 0.4) is 0 Å². The van der Waals surface area contributed by atoms with Gasteiger partial charge in [0.2, 0.25) is 11.8 Å². The molecule has 1 aromatic heterocycles. The first-order valence-electron chi connectivity index (χ1n) is 9.05. The van der Waals surface area contributed by atoms with E-state index in [1.807, 2.05) is 24.3 Å². The molecule has 0 aliphatic carbocycles. The number of carbonyl (C=O) groups is 2. The molecule has 0 aliphatic rings. The predicted molar refractivity (Wildman–Crippen MR) is 112 cm³/mol. The monoisotopic (exact) mass is 393 g/mol.